The largest absolute Gasteiger partial charge is 0.469 e. The predicted molar refractivity (Wildman–Crippen MR) is 137 cm³/mol. The molecular weight excluding hydrogens is 501 g/mol. The van der Waals surface area contributed by atoms with Gasteiger partial charge in [0.2, 0.25) is 0 Å². The van der Waals surface area contributed by atoms with Gasteiger partial charge < -0.3 is 40.5 Å². The van der Waals surface area contributed by atoms with Gasteiger partial charge in [-0.15, -0.1) is 0 Å². The lowest BCUT2D eigenvalue weighted by Crippen LogP contribution is -2.75. The topological polar surface area (TPSA) is 178 Å². The fourth-order valence-corrected chi connectivity index (χ4v) is 7.14. The number of ether oxygens (including phenoxy) is 1. The van der Waals surface area contributed by atoms with Crippen LogP contribution in [-0.4, -0.2) is 79.1 Å². The van der Waals surface area contributed by atoms with Crippen molar-refractivity contribution in [3.63, 3.8) is 0 Å². The number of rotatable bonds is 4. The maximum Gasteiger partial charge on any atom is 0.469 e. The highest BCUT2D eigenvalue weighted by Crippen LogP contribution is 2.52. The lowest BCUT2D eigenvalue weighted by molar-refractivity contribution is -0.186. The van der Waals surface area contributed by atoms with E-state index in [-0.39, 0.29) is 5.41 Å². The molecule has 3 fully saturated rings. The quantitative estimate of drug-likeness (QED) is 0.255. The summed E-state index contributed by atoms with van der Waals surface area (Å²) < 4.78 is 21.7. The Kier molecular flexibility index (Phi) is 9.76. The van der Waals surface area contributed by atoms with Crippen LogP contribution in [0, 0.1) is 5.41 Å². The van der Waals surface area contributed by atoms with E-state index < -0.39 is 56.9 Å². The number of nitrogens with zero attached hydrogens (tertiary/aromatic N) is 1. The summed E-state index contributed by atoms with van der Waals surface area (Å²) in [4.78, 5) is 20.0. The minimum Gasteiger partial charge on any atom is -0.387 e. The van der Waals surface area contributed by atoms with Gasteiger partial charge in [-0.25, -0.2) is 4.57 Å². The number of piperidine rings is 1. The third-order valence-electron chi connectivity index (χ3n) is 8.95. The Labute approximate surface area is 219 Å². The molecule has 3 aliphatic heterocycles. The van der Waals surface area contributed by atoms with Crippen LogP contribution in [0.5, 0.6) is 0 Å². The molecule has 0 aromatic carbocycles. The normalized spacial score (nSPS) is 42.6. The van der Waals surface area contributed by atoms with E-state index in [1.807, 2.05) is 11.1 Å². The van der Waals surface area contributed by atoms with E-state index in [0.717, 1.165) is 38.5 Å². The standard InChI is InChI=1S/C25H46N3O8P/c26-22-24-12-10-8-6-4-2-1-3-5-7-9-11-13-25(17-24,23(31)27-22)28(15-14-24)21-20(30)19(29)18(36-21)16-35-37(32,33)34/h14-15,18-23,27,29-31H,1-13,16-17,26H2,(H2,32,33,34). The summed E-state index contributed by atoms with van der Waals surface area (Å²) in [5.41, 5.74) is 5.40. The zero-order valence-electron chi connectivity index (χ0n) is 21.7. The molecule has 2 bridgehead atoms. The molecule has 8 unspecified atom stereocenters. The molecule has 0 spiro atoms. The molecule has 1 aliphatic carbocycles. The van der Waals surface area contributed by atoms with Gasteiger partial charge in [-0.1, -0.05) is 76.7 Å². The van der Waals surface area contributed by atoms with Gasteiger partial charge in [0.1, 0.15) is 24.5 Å². The van der Waals surface area contributed by atoms with Crippen LogP contribution in [0.2, 0.25) is 0 Å². The van der Waals surface area contributed by atoms with E-state index >= 15 is 0 Å². The molecule has 37 heavy (non-hydrogen) atoms. The van der Waals surface area contributed by atoms with Gasteiger partial charge in [0.05, 0.1) is 18.3 Å². The number of nitrogens with two attached hydrogens (primary N) is 1. The summed E-state index contributed by atoms with van der Waals surface area (Å²) in [5.74, 6) is 0. The number of aliphatic hydroxyl groups is 3. The molecule has 0 aromatic rings. The summed E-state index contributed by atoms with van der Waals surface area (Å²) in [6, 6.07) is 0. The molecule has 214 valence electrons. The van der Waals surface area contributed by atoms with E-state index in [1.165, 1.54) is 38.5 Å². The van der Waals surface area contributed by atoms with Gasteiger partial charge in [0.25, 0.3) is 0 Å². The Morgan fingerprint density at radius 2 is 1.51 bits per heavy atom. The smallest absolute Gasteiger partial charge is 0.387 e. The first-order chi connectivity index (χ1) is 17.6. The van der Waals surface area contributed by atoms with Gasteiger partial charge in [-0.05, 0) is 25.5 Å². The molecule has 1 saturated carbocycles. The second-order valence-corrected chi connectivity index (χ2v) is 12.7. The molecule has 8 atom stereocenters. The van der Waals surface area contributed by atoms with Crippen molar-refractivity contribution in [3.05, 3.63) is 12.3 Å². The lowest BCUT2D eigenvalue weighted by Gasteiger charge is -2.61. The predicted octanol–water partition coefficient (Wildman–Crippen LogP) is 1.78. The second-order valence-electron chi connectivity index (χ2n) is 11.5. The van der Waals surface area contributed by atoms with E-state index in [2.05, 4.69) is 15.9 Å². The molecule has 4 aliphatic rings. The highest BCUT2D eigenvalue weighted by molar-refractivity contribution is 7.46. The van der Waals surface area contributed by atoms with Gasteiger partial charge in [0.15, 0.2) is 6.23 Å². The number of nitrogens with one attached hydrogen (secondary N) is 1. The highest BCUT2D eigenvalue weighted by atomic mass is 31.2. The summed E-state index contributed by atoms with van der Waals surface area (Å²) >= 11 is 0. The van der Waals surface area contributed by atoms with Crippen molar-refractivity contribution in [2.75, 3.05) is 6.61 Å². The van der Waals surface area contributed by atoms with E-state index in [9.17, 15) is 19.9 Å². The minimum absolute atomic E-state index is 0.363. The number of phosphoric ester groups is 1. The first kappa shape index (κ1) is 29.4. The second kappa shape index (κ2) is 12.3. The zero-order chi connectivity index (χ0) is 26.7. The lowest BCUT2D eigenvalue weighted by atomic mass is 9.63. The van der Waals surface area contributed by atoms with Crippen molar-refractivity contribution in [2.45, 2.75) is 132 Å². The van der Waals surface area contributed by atoms with Crippen LogP contribution < -0.4 is 11.1 Å². The van der Waals surface area contributed by atoms with Gasteiger partial charge in [-0.3, -0.25) is 9.84 Å². The highest BCUT2D eigenvalue weighted by Gasteiger charge is 2.60. The van der Waals surface area contributed by atoms with E-state index in [1.54, 1.807) is 0 Å². The van der Waals surface area contributed by atoms with Crippen molar-refractivity contribution in [2.24, 2.45) is 11.1 Å². The minimum atomic E-state index is -4.77. The maximum absolute atomic E-state index is 11.4. The molecule has 4 rings (SSSR count). The summed E-state index contributed by atoms with van der Waals surface area (Å²) in [7, 11) is -4.77. The molecule has 3 heterocycles. The average Bonchev–Trinajstić information content (AvgIpc) is 3.12. The van der Waals surface area contributed by atoms with Crippen LogP contribution in [0.3, 0.4) is 0 Å². The van der Waals surface area contributed by atoms with Crippen molar-refractivity contribution in [1.82, 2.24) is 10.2 Å². The molecule has 12 heteroatoms. The zero-order valence-corrected chi connectivity index (χ0v) is 22.6. The van der Waals surface area contributed by atoms with Crippen molar-refractivity contribution >= 4 is 7.82 Å². The molecule has 0 aromatic heterocycles. The fourth-order valence-electron chi connectivity index (χ4n) is 6.80. The van der Waals surface area contributed by atoms with Crippen molar-refractivity contribution in [3.8, 4) is 0 Å². The van der Waals surface area contributed by atoms with Crippen molar-refractivity contribution < 1.29 is 38.9 Å². The van der Waals surface area contributed by atoms with E-state index in [0.29, 0.717) is 12.8 Å². The summed E-state index contributed by atoms with van der Waals surface area (Å²) in [6.07, 6.45) is 12.4. The number of aliphatic hydroxyl groups excluding tert-OH is 3. The van der Waals surface area contributed by atoms with Crippen LogP contribution >= 0.6 is 7.82 Å². The Morgan fingerprint density at radius 1 is 0.946 bits per heavy atom. The first-order valence-electron chi connectivity index (χ1n) is 14.0. The summed E-state index contributed by atoms with van der Waals surface area (Å²) in [6.45, 7) is -0.570. The Balaban J connectivity index is 1.60. The molecule has 0 amide bonds. The summed E-state index contributed by atoms with van der Waals surface area (Å²) in [5, 5.41) is 36.2. The van der Waals surface area contributed by atoms with Crippen LogP contribution in [0.4, 0.5) is 0 Å². The Bertz CT molecular complexity index is 830. The monoisotopic (exact) mass is 547 g/mol. The molecule has 11 nitrogen and oxygen atoms in total. The molecular formula is C25H46N3O8P. The van der Waals surface area contributed by atoms with Gasteiger partial charge >= 0.3 is 7.82 Å². The third-order valence-corrected chi connectivity index (χ3v) is 9.44. The Morgan fingerprint density at radius 3 is 2.11 bits per heavy atom. The SMILES string of the molecule is NC1NC(O)C23CCCCCCCCCCCCCC1(C=CN2C1OC(COP(=O)(O)O)C(O)C1O)C3. The average molecular weight is 548 g/mol. The maximum atomic E-state index is 11.4. The Hall–Kier alpha value is -0.590. The van der Waals surface area contributed by atoms with Crippen LogP contribution in [0.15, 0.2) is 12.3 Å². The van der Waals surface area contributed by atoms with E-state index in [4.69, 9.17) is 20.3 Å². The van der Waals surface area contributed by atoms with Gasteiger partial charge in [-0.2, -0.15) is 0 Å². The number of phosphoric acid groups is 1. The third kappa shape index (κ3) is 6.60. The van der Waals surface area contributed by atoms with Crippen LogP contribution in [0.1, 0.15) is 89.9 Å². The van der Waals surface area contributed by atoms with Gasteiger partial charge in [0, 0.05) is 5.41 Å². The first-order valence-corrected chi connectivity index (χ1v) is 15.5. The molecule has 8 N–H and O–H groups in total. The molecule has 0 radical (unpaired) electrons. The van der Waals surface area contributed by atoms with Crippen LogP contribution in [0.25, 0.3) is 0 Å². The fraction of sp³-hybridized carbons (Fsp3) is 0.920. The molecule has 2 saturated heterocycles. The number of hydrogen-bond donors (Lipinski definition) is 7. The van der Waals surface area contributed by atoms with Crippen LogP contribution in [-0.2, 0) is 13.8 Å². The van der Waals surface area contributed by atoms with Crippen molar-refractivity contribution in [1.29, 1.82) is 0 Å². The number of hydrogen-bond acceptors (Lipinski definition) is 9.